The van der Waals surface area contributed by atoms with Gasteiger partial charge in [-0.1, -0.05) is 42.8 Å². The van der Waals surface area contributed by atoms with Crippen molar-refractivity contribution in [1.82, 2.24) is 9.55 Å². The minimum Gasteiger partial charge on any atom is -0.293 e. The van der Waals surface area contributed by atoms with Crippen LogP contribution in [0.3, 0.4) is 0 Å². The van der Waals surface area contributed by atoms with E-state index in [0.29, 0.717) is 6.54 Å². The predicted octanol–water partition coefficient (Wildman–Crippen LogP) is 2.58. The van der Waals surface area contributed by atoms with E-state index in [1.165, 1.54) is 0 Å². The van der Waals surface area contributed by atoms with E-state index in [1.807, 2.05) is 18.2 Å². The SMILES string of the molecule is C=CCn1c2c(c(=O)[nH]c1=O)CCCCC2c1ccccc1. The van der Waals surface area contributed by atoms with Gasteiger partial charge in [0.2, 0.25) is 0 Å². The fourth-order valence-electron chi connectivity index (χ4n) is 3.38. The lowest BCUT2D eigenvalue weighted by atomic mass is 9.90. The van der Waals surface area contributed by atoms with Crippen LogP contribution < -0.4 is 11.2 Å². The lowest BCUT2D eigenvalue weighted by Crippen LogP contribution is -2.36. The van der Waals surface area contributed by atoms with Gasteiger partial charge in [-0.3, -0.25) is 14.3 Å². The third-order valence-electron chi connectivity index (χ3n) is 4.35. The van der Waals surface area contributed by atoms with Crippen molar-refractivity contribution >= 4 is 0 Å². The van der Waals surface area contributed by atoms with Crippen LogP contribution in [0.25, 0.3) is 0 Å². The molecule has 0 aliphatic heterocycles. The molecule has 1 unspecified atom stereocenters. The molecule has 1 aromatic carbocycles. The molecule has 3 rings (SSSR count). The monoisotopic (exact) mass is 296 g/mol. The smallest absolute Gasteiger partial charge is 0.293 e. The molecular weight excluding hydrogens is 276 g/mol. The molecule has 114 valence electrons. The summed E-state index contributed by atoms with van der Waals surface area (Å²) in [5.41, 5.74) is 2.22. The Labute approximate surface area is 129 Å². The van der Waals surface area contributed by atoms with Gasteiger partial charge in [0.05, 0.1) is 0 Å². The molecule has 1 atom stereocenters. The maximum atomic E-state index is 12.3. The average molecular weight is 296 g/mol. The van der Waals surface area contributed by atoms with Gasteiger partial charge in [-0.25, -0.2) is 4.79 Å². The molecule has 0 spiro atoms. The summed E-state index contributed by atoms with van der Waals surface area (Å²) < 4.78 is 1.67. The molecule has 22 heavy (non-hydrogen) atoms. The number of nitrogens with one attached hydrogen (secondary N) is 1. The number of rotatable bonds is 3. The minimum atomic E-state index is -0.341. The summed E-state index contributed by atoms with van der Waals surface area (Å²) in [6.07, 6.45) is 5.41. The van der Waals surface area contributed by atoms with E-state index in [-0.39, 0.29) is 17.2 Å². The Morgan fingerprint density at radius 3 is 2.73 bits per heavy atom. The lowest BCUT2D eigenvalue weighted by Gasteiger charge is -2.22. The van der Waals surface area contributed by atoms with E-state index in [0.717, 1.165) is 42.5 Å². The van der Waals surface area contributed by atoms with Crippen molar-refractivity contribution < 1.29 is 0 Å². The van der Waals surface area contributed by atoms with Crippen LogP contribution in [0.1, 0.15) is 42.0 Å². The quantitative estimate of drug-likeness (QED) is 0.699. The van der Waals surface area contributed by atoms with Gasteiger partial charge in [0.15, 0.2) is 0 Å². The number of benzene rings is 1. The zero-order valence-electron chi connectivity index (χ0n) is 12.5. The van der Waals surface area contributed by atoms with E-state index in [9.17, 15) is 9.59 Å². The van der Waals surface area contributed by atoms with Crippen LogP contribution in [-0.2, 0) is 13.0 Å². The van der Waals surface area contributed by atoms with E-state index in [2.05, 4.69) is 23.7 Å². The van der Waals surface area contributed by atoms with Gasteiger partial charge < -0.3 is 0 Å². The fourth-order valence-corrected chi connectivity index (χ4v) is 3.38. The van der Waals surface area contributed by atoms with Crippen LogP contribution >= 0.6 is 0 Å². The first-order valence-corrected chi connectivity index (χ1v) is 7.74. The molecule has 0 fully saturated rings. The van der Waals surface area contributed by atoms with Gasteiger partial charge in [0.1, 0.15) is 0 Å². The third kappa shape index (κ3) is 2.56. The summed E-state index contributed by atoms with van der Waals surface area (Å²) in [5.74, 6) is 0.0913. The number of fused-ring (bicyclic) bond motifs is 1. The molecule has 1 aromatic heterocycles. The molecule has 1 heterocycles. The number of aromatic nitrogens is 2. The van der Waals surface area contributed by atoms with E-state index in [4.69, 9.17) is 0 Å². The van der Waals surface area contributed by atoms with Crippen molar-refractivity contribution in [2.45, 2.75) is 38.1 Å². The van der Waals surface area contributed by atoms with Crippen LogP contribution in [-0.4, -0.2) is 9.55 Å². The van der Waals surface area contributed by atoms with E-state index >= 15 is 0 Å². The Bertz CT molecular complexity index is 787. The van der Waals surface area contributed by atoms with Crippen molar-refractivity contribution in [2.75, 3.05) is 0 Å². The van der Waals surface area contributed by atoms with Crippen molar-refractivity contribution in [3.8, 4) is 0 Å². The fraction of sp³-hybridized carbons (Fsp3) is 0.333. The molecule has 1 N–H and O–H groups in total. The molecule has 0 bridgehead atoms. The molecule has 0 amide bonds. The van der Waals surface area contributed by atoms with Crippen LogP contribution in [0.2, 0.25) is 0 Å². The van der Waals surface area contributed by atoms with Gasteiger partial charge in [-0.15, -0.1) is 6.58 Å². The molecule has 0 radical (unpaired) electrons. The second kappa shape index (κ2) is 6.18. The van der Waals surface area contributed by atoms with Crippen LogP contribution in [0.5, 0.6) is 0 Å². The maximum Gasteiger partial charge on any atom is 0.328 e. The average Bonchev–Trinajstić information content (AvgIpc) is 2.75. The number of hydrogen-bond acceptors (Lipinski definition) is 2. The topological polar surface area (TPSA) is 54.9 Å². The Morgan fingerprint density at radius 2 is 2.00 bits per heavy atom. The number of nitrogens with zero attached hydrogens (tertiary/aromatic N) is 1. The molecule has 0 saturated carbocycles. The highest BCUT2D eigenvalue weighted by Crippen LogP contribution is 2.33. The Balaban J connectivity index is 2.28. The van der Waals surface area contributed by atoms with Crippen LogP contribution in [0, 0.1) is 0 Å². The maximum absolute atomic E-state index is 12.3. The number of H-pyrrole nitrogens is 1. The summed E-state index contributed by atoms with van der Waals surface area (Å²) in [6.45, 7) is 4.16. The molecule has 4 nitrogen and oxygen atoms in total. The van der Waals surface area contributed by atoms with Gasteiger partial charge in [0.25, 0.3) is 5.56 Å². The first kappa shape index (κ1) is 14.6. The van der Waals surface area contributed by atoms with Gasteiger partial charge in [-0.05, 0) is 24.8 Å². The highest BCUT2D eigenvalue weighted by molar-refractivity contribution is 5.34. The first-order valence-electron chi connectivity index (χ1n) is 7.74. The van der Waals surface area contributed by atoms with E-state index < -0.39 is 0 Å². The number of aromatic amines is 1. The predicted molar refractivity (Wildman–Crippen MR) is 87.4 cm³/mol. The molecule has 1 aliphatic carbocycles. The zero-order chi connectivity index (χ0) is 15.5. The number of hydrogen-bond donors (Lipinski definition) is 1. The Kier molecular flexibility index (Phi) is 4.09. The van der Waals surface area contributed by atoms with Crippen molar-refractivity contribution in [2.24, 2.45) is 0 Å². The summed E-state index contributed by atoms with van der Waals surface area (Å²) in [5, 5.41) is 0. The van der Waals surface area contributed by atoms with Gasteiger partial charge in [0, 0.05) is 23.7 Å². The highest BCUT2D eigenvalue weighted by Gasteiger charge is 2.26. The minimum absolute atomic E-state index is 0.0913. The molecular formula is C18H20N2O2. The van der Waals surface area contributed by atoms with Crippen molar-refractivity contribution in [1.29, 1.82) is 0 Å². The molecule has 1 aliphatic rings. The molecule has 0 saturated heterocycles. The van der Waals surface area contributed by atoms with E-state index in [1.54, 1.807) is 10.6 Å². The van der Waals surface area contributed by atoms with Gasteiger partial charge in [-0.2, -0.15) is 0 Å². The van der Waals surface area contributed by atoms with Gasteiger partial charge >= 0.3 is 5.69 Å². The summed E-state index contributed by atoms with van der Waals surface area (Å²) in [6, 6.07) is 10.1. The second-order valence-corrected chi connectivity index (χ2v) is 5.73. The molecule has 2 aromatic rings. The van der Waals surface area contributed by atoms with Crippen molar-refractivity contribution in [3.63, 3.8) is 0 Å². The standard InChI is InChI=1S/C18H20N2O2/c1-2-12-20-16-14(13-8-4-3-5-9-13)10-6-7-11-15(16)17(21)19-18(20)22/h2-5,8-9,14H,1,6-7,10-12H2,(H,19,21,22). The van der Waals surface area contributed by atoms with Crippen LogP contribution in [0.15, 0.2) is 52.6 Å². The Morgan fingerprint density at radius 1 is 1.23 bits per heavy atom. The first-order chi connectivity index (χ1) is 10.7. The normalized spacial score (nSPS) is 17.5. The largest absolute Gasteiger partial charge is 0.328 e. The van der Waals surface area contributed by atoms with Crippen LogP contribution in [0.4, 0.5) is 0 Å². The number of allylic oxidation sites excluding steroid dienone is 1. The Hall–Kier alpha value is -2.36. The summed E-state index contributed by atoms with van der Waals surface area (Å²) >= 11 is 0. The lowest BCUT2D eigenvalue weighted by molar-refractivity contribution is 0.601. The van der Waals surface area contributed by atoms with Crippen molar-refractivity contribution in [3.05, 3.63) is 80.6 Å². The third-order valence-corrected chi connectivity index (χ3v) is 4.35. The second-order valence-electron chi connectivity index (χ2n) is 5.73. The molecule has 4 heteroatoms. The zero-order valence-corrected chi connectivity index (χ0v) is 12.5. The summed E-state index contributed by atoms with van der Waals surface area (Å²) in [7, 11) is 0. The summed E-state index contributed by atoms with van der Waals surface area (Å²) in [4.78, 5) is 27.0. The highest BCUT2D eigenvalue weighted by atomic mass is 16.2.